The van der Waals surface area contributed by atoms with Crippen LogP contribution < -0.4 is 10.2 Å². The molecule has 1 fully saturated rings. The lowest BCUT2D eigenvalue weighted by Crippen LogP contribution is -2.41. The van der Waals surface area contributed by atoms with Crippen LogP contribution in [0.25, 0.3) is 22.3 Å². The number of carbonyl (C=O) groups is 1. The van der Waals surface area contributed by atoms with Crippen molar-refractivity contribution < 1.29 is 19.1 Å². The Kier molecular flexibility index (Phi) is 4.40. The number of aliphatic carboxylic acids is 1. The van der Waals surface area contributed by atoms with E-state index in [0.717, 1.165) is 5.56 Å². The number of para-hydroxylation sites is 1. The first-order valence-electron chi connectivity index (χ1n) is 8.67. The van der Waals surface area contributed by atoms with Crippen LogP contribution in [-0.2, 0) is 4.79 Å². The average Bonchev–Trinajstić information content (AvgIpc) is 2.60. The van der Waals surface area contributed by atoms with E-state index in [0.29, 0.717) is 45.9 Å². The molecule has 1 heterocycles. The Morgan fingerprint density at radius 2 is 2.04 bits per heavy atom. The number of ether oxygens (including phenoxy) is 1. The molecule has 6 heteroatoms. The van der Waals surface area contributed by atoms with Gasteiger partial charge >= 0.3 is 5.97 Å². The van der Waals surface area contributed by atoms with Gasteiger partial charge < -0.3 is 14.3 Å². The lowest BCUT2D eigenvalue weighted by Gasteiger charge is -2.34. The molecule has 1 aliphatic rings. The second kappa shape index (κ2) is 6.74. The normalized spacial score (nSPS) is 18.9. The number of rotatable bonds is 4. The van der Waals surface area contributed by atoms with E-state index in [1.165, 1.54) is 6.07 Å². The third-order valence-electron chi connectivity index (χ3n) is 4.99. The fourth-order valence-electron chi connectivity index (χ4n) is 3.22. The van der Waals surface area contributed by atoms with Gasteiger partial charge in [0.2, 0.25) is 0 Å². The highest BCUT2D eigenvalue weighted by atomic mass is 35.5. The monoisotopic (exact) mass is 384 g/mol. The van der Waals surface area contributed by atoms with Gasteiger partial charge in [-0.3, -0.25) is 9.59 Å². The summed E-state index contributed by atoms with van der Waals surface area (Å²) in [6.07, 6.45) is 0.993. The number of carboxylic acid groups (broad SMARTS) is 1. The van der Waals surface area contributed by atoms with Gasteiger partial charge in [0.15, 0.2) is 11.0 Å². The van der Waals surface area contributed by atoms with Gasteiger partial charge in [0, 0.05) is 11.6 Å². The van der Waals surface area contributed by atoms with Crippen molar-refractivity contribution in [2.75, 3.05) is 0 Å². The van der Waals surface area contributed by atoms with Crippen LogP contribution in [0.5, 0.6) is 5.75 Å². The minimum Gasteiger partial charge on any atom is -0.489 e. The molecule has 2 aromatic carbocycles. The Morgan fingerprint density at radius 3 is 2.74 bits per heavy atom. The molecule has 1 N–H and O–H groups in total. The first-order valence-corrected chi connectivity index (χ1v) is 9.04. The fraction of sp³-hybridized carbons (Fsp3) is 0.238. The molecule has 138 valence electrons. The van der Waals surface area contributed by atoms with Crippen molar-refractivity contribution in [3.8, 4) is 17.1 Å². The van der Waals surface area contributed by atoms with Crippen molar-refractivity contribution in [1.29, 1.82) is 0 Å². The van der Waals surface area contributed by atoms with Gasteiger partial charge in [-0.05, 0) is 43.5 Å². The smallest absolute Gasteiger partial charge is 0.310 e. The van der Waals surface area contributed by atoms with E-state index in [1.54, 1.807) is 24.3 Å². The van der Waals surface area contributed by atoms with Gasteiger partial charge in [-0.2, -0.15) is 0 Å². The summed E-state index contributed by atoms with van der Waals surface area (Å²) in [5.74, 6) is -0.347. The molecule has 1 aromatic heterocycles. The summed E-state index contributed by atoms with van der Waals surface area (Å²) >= 11 is 6.17. The SMILES string of the molecule is Cc1ccc(-c2cc(=O)c3cccc(Cl)c3o2)cc1OC1CCC1C(=O)O. The second-order valence-corrected chi connectivity index (χ2v) is 7.16. The molecular formula is C21H17ClO5. The minimum absolute atomic E-state index is 0.179. The zero-order chi connectivity index (χ0) is 19.1. The molecule has 27 heavy (non-hydrogen) atoms. The maximum Gasteiger partial charge on any atom is 0.310 e. The molecule has 0 radical (unpaired) electrons. The van der Waals surface area contributed by atoms with Crippen LogP contribution in [0.2, 0.25) is 5.02 Å². The standard InChI is InChI=1S/C21H17ClO5/c1-11-5-6-12(9-18(11)26-17-8-7-14(17)21(24)25)19-10-16(23)13-3-2-4-15(22)20(13)27-19/h2-6,9-10,14,17H,7-8H2,1H3,(H,24,25). The summed E-state index contributed by atoms with van der Waals surface area (Å²) in [7, 11) is 0. The Hall–Kier alpha value is -2.79. The number of fused-ring (bicyclic) bond motifs is 1. The van der Waals surface area contributed by atoms with E-state index < -0.39 is 11.9 Å². The highest BCUT2D eigenvalue weighted by Gasteiger charge is 2.38. The molecule has 3 aromatic rings. The quantitative estimate of drug-likeness (QED) is 0.707. The number of aryl methyl sites for hydroxylation is 1. The molecule has 2 atom stereocenters. The number of halogens is 1. The summed E-state index contributed by atoms with van der Waals surface area (Å²) in [6.45, 7) is 1.89. The summed E-state index contributed by atoms with van der Waals surface area (Å²) in [5, 5.41) is 9.99. The van der Waals surface area contributed by atoms with Gasteiger partial charge in [0.1, 0.15) is 17.6 Å². The van der Waals surface area contributed by atoms with E-state index >= 15 is 0 Å². The summed E-state index contributed by atoms with van der Waals surface area (Å²) < 4.78 is 11.8. The molecule has 0 spiro atoms. The van der Waals surface area contributed by atoms with Crippen molar-refractivity contribution in [2.45, 2.75) is 25.9 Å². The second-order valence-electron chi connectivity index (χ2n) is 6.75. The number of carboxylic acids is 1. The van der Waals surface area contributed by atoms with Gasteiger partial charge in [0.25, 0.3) is 0 Å². The van der Waals surface area contributed by atoms with Crippen LogP contribution >= 0.6 is 11.6 Å². The third-order valence-corrected chi connectivity index (χ3v) is 5.28. The summed E-state index contributed by atoms with van der Waals surface area (Å²) in [6, 6.07) is 11.9. The van der Waals surface area contributed by atoms with Gasteiger partial charge in [-0.1, -0.05) is 29.8 Å². The Balaban J connectivity index is 1.73. The van der Waals surface area contributed by atoms with E-state index in [2.05, 4.69) is 0 Å². The Morgan fingerprint density at radius 1 is 1.22 bits per heavy atom. The molecule has 0 bridgehead atoms. The lowest BCUT2D eigenvalue weighted by molar-refractivity contribution is -0.150. The molecule has 5 nitrogen and oxygen atoms in total. The summed E-state index contributed by atoms with van der Waals surface area (Å²) in [5.41, 5.74) is 1.72. The molecule has 1 saturated carbocycles. The maximum absolute atomic E-state index is 12.4. The molecule has 1 aliphatic carbocycles. The molecule has 0 amide bonds. The van der Waals surface area contributed by atoms with Crippen LogP contribution in [0.3, 0.4) is 0 Å². The van der Waals surface area contributed by atoms with E-state index in [-0.39, 0.29) is 11.5 Å². The van der Waals surface area contributed by atoms with Gasteiger partial charge in [0.05, 0.1) is 16.3 Å². The van der Waals surface area contributed by atoms with Crippen molar-refractivity contribution in [3.05, 3.63) is 63.3 Å². The molecule has 4 rings (SSSR count). The lowest BCUT2D eigenvalue weighted by atomic mass is 9.82. The summed E-state index contributed by atoms with van der Waals surface area (Å²) in [4.78, 5) is 23.6. The molecule has 2 unspecified atom stereocenters. The minimum atomic E-state index is -0.838. The largest absolute Gasteiger partial charge is 0.489 e. The number of hydrogen-bond donors (Lipinski definition) is 1. The van der Waals surface area contributed by atoms with E-state index in [9.17, 15) is 14.7 Å². The first-order chi connectivity index (χ1) is 12.9. The van der Waals surface area contributed by atoms with Crippen LogP contribution in [0.4, 0.5) is 0 Å². The highest BCUT2D eigenvalue weighted by Crippen LogP contribution is 2.35. The topological polar surface area (TPSA) is 76.7 Å². The van der Waals surface area contributed by atoms with Gasteiger partial charge in [-0.15, -0.1) is 0 Å². The van der Waals surface area contributed by atoms with Crippen molar-refractivity contribution in [2.24, 2.45) is 5.92 Å². The highest BCUT2D eigenvalue weighted by molar-refractivity contribution is 6.34. The maximum atomic E-state index is 12.4. The third kappa shape index (κ3) is 3.19. The van der Waals surface area contributed by atoms with Crippen LogP contribution in [0.1, 0.15) is 18.4 Å². The van der Waals surface area contributed by atoms with Gasteiger partial charge in [-0.25, -0.2) is 0 Å². The Bertz CT molecular complexity index is 1100. The zero-order valence-corrected chi connectivity index (χ0v) is 15.3. The molecular weight excluding hydrogens is 368 g/mol. The average molecular weight is 385 g/mol. The van der Waals surface area contributed by atoms with Crippen LogP contribution in [0.15, 0.2) is 51.7 Å². The van der Waals surface area contributed by atoms with Crippen molar-refractivity contribution in [1.82, 2.24) is 0 Å². The fourth-order valence-corrected chi connectivity index (χ4v) is 3.43. The molecule has 0 aliphatic heterocycles. The van der Waals surface area contributed by atoms with E-state index in [4.69, 9.17) is 20.8 Å². The van der Waals surface area contributed by atoms with Crippen LogP contribution in [0, 0.1) is 12.8 Å². The van der Waals surface area contributed by atoms with Crippen molar-refractivity contribution >= 4 is 28.5 Å². The predicted molar refractivity (Wildman–Crippen MR) is 102 cm³/mol. The molecule has 0 saturated heterocycles. The number of hydrogen-bond acceptors (Lipinski definition) is 4. The van der Waals surface area contributed by atoms with E-state index in [1.807, 2.05) is 19.1 Å². The number of benzene rings is 2. The van der Waals surface area contributed by atoms with Crippen LogP contribution in [-0.4, -0.2) is 17.2 Å². The first kappa shape index (κ1) is 17.6. The van der Waals surface area contributed by atoms with Crippen molar-refractivity contribution in [3.63, 3.8) is 0 Å². The predicted octanol–water partition coefficient (Wildman–Crippen LogP) is 4.66. The Labute approximate surface area is 160 Å². The zero-order valence-electron chi connectivity index (χ0n) is 14.6.